The van der Waals surface area contributed by atoms with Gasteiger partial charge in [0.2, 0.25) is 0 Å². The molecule has 1 rings (SSSR count). The second-order valence-electron chi connectivity index (χ2n) is 3.95. The van der Waals surface area contributed by atoms with Gasteiger partial charge in [-0.25, -0.2) is 0 Å². The monoisotopic (exact) mass is 278 g/mol. The first-order valence-electron chi connectivity index (χ1n) is 5.36. The van der Waals surface area contributed by atoms with Crippen LogP contribution >= 0.6 is 23.2 Å². The van der Waals surface area contributed by atoms with Crippen LogP contribution in [0.4, 0.5) is 0 Å². The first-order valence-corrected chi connectivity index (χ1v) is 6.11. The topological polar surface area (TPSA) is 38.7 Å². The zero-order chi connectivity index (χ0) is 12.8. The highest BCUT2D eigenvalue weighted by Crippen LogP contribution is 2.24. The molecular formula is C12H16Cl2O3. The Kier molecular flexibility index (Phi) is 6.06. The van der Waals surface area contributed by atoms with Crippen molar-refractivity contribution in [3.63, 3.8) is 0 Å². The van der Waals surface area contributed by atoms with Crippen LogP contribution in [0.1, 0.15) is 13.8 Å². The molecule has 17 heavy (non-hydrogen) atoms. The van der Waals surface area contributed by atoms with Crippen LogP contribution in [-0.4, -0.2) is 30.5 Å². The van der Waals surface area contributed by atoms with Gasteiger partial charge in [0.25, 0.3) is 0 Å². The Morgan fingerprint density at radius 2 is 1.71 bits per heavy atom. The largest absolute Gasteiger partial charge is 0.491 e. The van der Waals surface area contributed by atoms with Gasteiger partial charge in [-0.3, -0.25) is 0 Å². The third-order valence-corrected chi connectivity index (χ3v) is 2.34. The van der Waals surface area contributed by atoms with Crippen molar-refractivity contribution in [1.82, 2.24) is 0 Å². The van der Waals surface area contributed by atoms with Crippen molar-refractivity contribution in [2.45, 2.75) is 26.1 Å². The Morgan fingerprint density at radius 1 is 1.12 bits per heavy atom. The van der Waals surface area contributed by atoms with Crippen LogP contribution in [0.3, 0.4) is 0 Å². The van der Waals surface area contributed by atoms with Crippen LogP contribution in [0.2, 0.25) is 10.0 Å². The Balaban J connectivity index is 2.39. The van der Waals surface area contributed by atoms with Crippen LogP contribution in [0.5, 0.6) is 5.75 Å². The van der Waals surface area contributed by atoms with E-state index >= 15 is 0 Å². The van der Waals surface area contributed by atoms with E-state index in [0.29, 0.717) is 15.8 Å². The molecule has 0 amide bonds. The lowest BCUT2D eigenvalue weighted by molar-refractivity contribution is -0.0122. The molecule has 1 unspecified atom stereocenters. The molecular weight excluding hydrogens is 263 g/mol. The van der Waals surface area contributed by atoms with Crippen molar-refractivity contribution in [2.75, 3.05) is 13.2 Å². The minimum Gasteiger partial charge on any atom is -0.491 e. The molecule has 5 heteroatoms. The Morgan fingerprint density at radius 3 is 2.24 bits per heavy atom. The first kappa shape index (κ1) is 14.6. The average molecular weight is 279 g/mol. The number of hydrogen-bond donors (Lipinski definition) is 1. The van der Waals surface area contributed by atoms with Gasteiger partial charge in [-0.2, -0.15) is 0 Å². The van der Waals surface area contributed by atoms with Gasteiger partial charge in [0.05, 0.1) is 12.7 Å². The number of halogens is 2. The number of aliphatic hydroxyl groups excluding tert-OH is 1. The summed E-state index contributed by atoms with van der Waals surface area (Å²) >= 11 is 11.6. The molecule has 1 atom stereocenters. The van der Waals surface area contributed by atoms with E-state index in [9.17, 15) is 5.11 Å². The number of rotatable bonds is 6. The summed E-state index contributed by atoms with van der Waals surface area (Å²) in [5.41, 5.74) is 0. The molecule has 1 N–H and O–H groups in total. The summed E-state index contributed by atoms with van der Waals surface area (Å²) in [4.78, 5) is 0. The molecule has 0 saturated heterocycles. The molecule has 96 valence electrons. The molecule has 0 bridgehead atoms. The average Bonchev–Trinajstić information content (AvgIpc) is 2.22. The van der Waals surface area contributed by atoms with Gasteiger partial charge >= 0.3 is 0 Å². The molecule has 1 aromatic carbocycles. The lowest BCUT2D eigenvalue weighted by Gasteiger charge is -2.14. The fourth-order valence-electron chi connectivity index (χ4n) is 1.16. The summed E-state index contributed by atoms with van der Waals surface area (Å²) in [5.74, 6) is 0.533. The molecule has 0 aromatic heterocycles. The molecule has 0 radical (unpaired) electrons. The Bertz CT molecular complexity index is 335. The highest BCUT2D eigenvalue weighted by atomic mass is 35.5. The van der Waals surface area contributed by atoms with E-state index < -0.39 is 6.10 Å². The summed E-state index contributed by atoms with van der Waals surface area (Å²) < 4.78 is 10.6. The summed E-state index contributed by atoms with van der Waals surface area (Å²) in [7, 11) is 0. The molecule has 1 aromatic rings. The maximum Gasteiger partial charge on any atom is 0.122 e. The van der Waals surface area contributed by atoms with Crippen molar-refractivity contribution in [2.24, 2.45) is 0 Å². The molecule has 0 spiro atoms. The Labute approximate surface area is 111 Å². The van der Waals surface area contributed by atoms with Gasteiger partial charge in [-0.15, -0.1) is 0 Å². The zero-order valence-electron chi connectivity index (χ0n) is 9.82. The maximum atomic E-state index is 9.58. The summed E-state index contributed by atoms with van der Waals surface area (Å²) in [5, 5.41) is 10.6. The molecule has 0 aliphatic carbocycles. The molecule has 0 saturated carbocycles. The quantitative estimate of drug-likeness (QED) is 0.869. The maximum absolute atomic E-state index is 9.58. The smallest absolute Gasteiger partial charge is 0.122 e. The lowest BCUT2D eigenvalue weighted by Crippen LogP contribution is -2.25. The van der Waals surface area contributed by atoms with Crippen molar-refractivity contribution >= 4 is 23.2 Å². The normalized spacial score (nSPS) is 12.8. The number of hydrogen-bond acceptors (Lipinski definition) is 3. The van der Waals surface area contributed by atoms with Gasteiger partial charge in [-0.05, 0) is 32.0 Å². The lowest BCUT2D eigenvalue weighted by atomic mass is 10.3. The van der Waals surface area contributed by atoms with Gasteiger partial charge < -0.3 is 14.6 Å². The van der Waals surface area contributed by atoms with Crippen molar-refractivity contribution in [3.05, 3.63) is 28.2 Å². The molecule has 0 heterocycles. The van der Waals surface area contributed by atoms with Crippen molar-refractivity contribution in [1.29, 1.82) is 0 Å². The third-order valence-electron chi connectivity index (χ3n) is 1.90. The highest BCUT2D eigenvalue weighted by Gasteiger charge is 2.07. The predicted octanol–water partition coefficient (Wildman–Crippen LogP) is 3.16. The molecule has 0 aliphatic heterocycles. The standard InChI is InChI=1S/C12H16Cl2O3/c1-8(2)16-6-11(15)7-17-12-4-9(13)3-10(14)5-12/h3-5,8,11,15H,6-7H2,1-2H3. The summed E-state index contributed by atoms with van der Waals surface area (Å²) in [6.45, 7) is 4.20. The van der Waals surface area contributed by atoms with E-state index in [1.807, 2.05) is 13.8 Å². The van der Waals surface area contributed by atoms with Gasteiger partial charge in [0.15, 0.2) is 0 Å². The molecule has 0 aliphatic rings. The van der Waals surface area contributed by atoms with E-state index in [0.717, 1.165) is 0 Å². The summed E-state index contributed by atoms with van der Waals surface area (Å²) in [6.07, 6.45) is -0.583. The van der Waals surface area contributed by atoms with Crippen LogP contribution in [0, 0.1) is 0 Å². The molecule has 0 fully saturated rings. The SMILES string of the molecule is CC(C)OCC(O)COc1cc(Cl)cc(Cl)c1. The second-order valence-corrected chi connectivity index (χ2v) is 4.82. The van der Waals surface area contributed by atoms with E-state index in [1.54, 1.807) is 18.2 Å². The predicted molar refractivity (Wildman–Crippen MR) is 69.1 cm³/mol. The van der Waals surface area contributed by atoms with Gasteiger partial charge in [0, 0.05) is 10.0 Å². The zero-order valence-corrected chi connectivity index (χ0v) is 11.3. The van der Waals surface area contributed by atoms with Gasteiger partial charge in [-0.1, -0.05) is 23.2 Å². The Hall–Kier alpha value is -0.480. The fraction of sp³-hybridized carbons (Fsp3) is 0.500. The number of aliphatic hydroxyl groups is 1. The van der Waals surface area contributed by atoms with E-state index in [-0.39, 0.29) is 19.3 Å². The third kappa shape index (κ3) is 6.13. The molecule has 3 nitrogen and oxygen atoms in total. The van der Waals surface area contributed by atoms with Crippen LogP contribution in [-0.2, 0) is 4.74 Å². The van der Waals surface area contributed by atoms with E-state index in [4.69, 9.17) is 32.7 Å². The highest BCUT2D eigenvalue weighted by molar-refractivity contribution is 6.34. The van der Waals surface area contributed by atoms with Crippen LogP contribution in [0.25, 0.3) is 0 Å². The van der Waals surface area contributed by atoms with Crippen LogP contribution in [0.15, 0.2) is 18.2 Å². The van der Waals surface area contributed by atoms with E-state index in [1.165, 1.54) is 0 Å². The number of ether oxygens (including phenoxy) is 2. The number of benzene rings is 1. The minimum atomic E-state index is -0.671. The van der Waals surface area contributed by atoms with Crippen molar-refractivity contribution < 1.29 is 14.6 Å². The summed E-state index contributed by atoms with van der Waals surface area (Å²) in [6, 6.07) is 4.90. The minimum absolute atomic E-state index is 0.0882. The van der Waals surface area contributed by atoms with Crippen molar-refractivity contribution in [3.8, 4) is 5.75 Å². The van der Waals surface area contributed by atoms with E-state index in [2.05, 4.69) is 0 Å². The second kappa shape index (κ2) is 7.07. The fourth-order valence-corrected chi connectivity index (χ4v) is 1.66. The first-order chi connectivity index (χ1) is 7.97. The van der Waals surface area contributed by atoms with Crippen LogP contribution < -0.4 is 4.74 Å². The van der Waals surface area contributed by atoms with Gasteiger partial charge in [0.1, 0.15) is 18.5 Å².